The number of likely N-dealkylation sites (tertiary alicyclic amines) is 1. The van der Waals surface area contributed by atoms with Gasteiger partial charge in [0.25, 0.3) is 5.91 Å². The number of nitrogens with zero attached hydrogens (tertiary/aromatic N) is 4. The number of benzene rings is 1. The number of hydrogen-bond donors (Lipinski definition) is 0. The second-order valence-corrected chi connectivity index (χ2v) is 7.96. The van der Waals surface area contributed by atoms with E-state index in [4.69, 9.17) is 0 Å². The number of halogens is 1. The van der Waals surface area contributed by atoms with Gasteiger partial charge in [0.15, 0.2) is 5.65 Å². The number of rotatable bonds is 3. The Morgan fingerprint density at radius 3 is 2.59 bits per heavy atom. The Labute approximate surface area is 165 Å². The standard InChI is InChI=1S/C20H21BrN4O2/c1-23-17-3-2-10-22-18(17)25(20(23)27)13-14-8-11-24(12-9-14)19(26)15-4-6-16(21)7-5-15/h2-7,10,14H,8-9,11-13H2,1H3. The Hall–Kier alpha value is -2.41. The summed E-state index contributed by atoms with van der Waals surface area (Å²) in [5.74, 6) is 0.439. The van der Waals surface area contributed by atoms with Crippen molar-refractivity contribution in [1.82, 2.24) is 19.0 Å². The fraction of sp³-hybridized carbons (Fsp3) is 0.350. The molecule has 0 spiro atoms. The van der Waals surface area contributed by atoms with Gasteiger partial charge in [-0.05, 0) is 55.2 Å². The molecule has 4 rings (SSSR count). The molecule has 1 fully saturated rings. The monoisotopic (exact) mass is 428 g/mol. The fourth-order valence-corrected chi connectivity index (χ4v) is 4.01. The number of aryl methyl sites for hydroxylation is 1. The molecular weight excluding hydrogens is 408 g/mol. The van der Waals surface area contributed by atoms with Gasteiger partial charge in [0.1, 0.15) is 0 Å². The van der Waals surface area contributed by atoms with E-state index in [1.807, 2.05) is 41.3 Å². The summed E-state index contributed by atoms with van der Waals surface area (Å²) in [6.45, 7) is 2.08. The molecule has 3 heterocycles. The Morgan fingerprint density at radius 2 is 1.89 bits per heavy atom. The van der Waals surface area contributed by atoms with E-state index >= 15 is 0 Å². The van der Waals surface area contributed by atoms with E-state index < -0.39 is 0 Å². The summed E-state index contributed by atoms with van der Waals surface area (Å²) in [5, 5.41) is 0. The molecule has 0 radical (unpaired) electrons. The normalized spacial score (nSPS) is 15.4. The van der Waals surface area contributed by atoms with Crippen LogP contribution in [0.15, 0.2) is 51.9 Å². The van der Waals surface area contributed by atoms with Gasteiger partial charge in [-0.3, -0.25) is 13.9 Å². The second kappa shape index (κ2) is 7.31. The lowest BCUT2D eigenvalue weighted by Crippen LogP contribution is -2.40. The maximum atomic E-state index is 12.7. The van der Waals surface area contributed by atoms with E-state index in [0.29, 0.717) is 31.1 Å². The predicted octanol–water partition coefficient (Wildman–Crippen LogP) is 3.05. The number of hydrogen-bond acceptors (Lipinski definition) is 3. The number of aromatic nitrogens is 3. The summed E-state index contributed by atoms with van der Waals surface area (Å²) in [7, 11) is 1.78. The first-order chi connectivity index (χ1) is 13.0. The molecule has 1 aromatic carbocycles. The van der Waals surface area contributed by atoms with Gasteiger partial charge in [-0.25, -0.2) is 9.78 Å². The summed E-state index contributed by atoms with van der Waals surface area (Å²) in [5.41, 5.74) is 2.27. The molecule has 0 aliphatic carbocycles. The molecular formula is C20H21BrN4O2. The summed E-state index contributed by atoms with van der Waals surface area (Å²) >= 11 is 3.40. The largest absolute Gasteiger partial charge is 0.339 e. The van der Waals surface area contributed by atoms with Crippen molar-refractivity contribution in [1.29, 1.82) is 0 Å². The van der Waals surface area contributed by atoms with Crippen molar-refractivity contribution >= 4 is 33.0 Å². The molecule has 6 nitrogen and oxygen atoms in total. The summed E-state index contributed by atoms with van der Waals surface area (Å²) in [4.78, 5) is 31.5. The Balaban J connectivity index is 1.45. The van der Waals surface area contributed by atoms with E-state index in [1.54, 1.807) is 22.4 Å². The van der Waals surface area contributed by atoms with E-state index in [-0.39, 0.29) is 11.6 Å². The molecule has 140 valence electrons. The zero-order chi connectivity index (χ0) is 19.0. The lowest BCUT2D eigenvalue weighted by Gasteiger charge is -2.32. The van der Waals surface area contributed by atoms with E-state index in [9.17, 15) is 9.59 Å². The smallest absolute Gasteiger partial charge is 0.330 e. The zero-order valence-corrected chi connectivity index (χ0v) is 16.7. The lowest BCUT2D eigenvalue weighted by atomic mass is 9.96. The molecule has 3 aromatic rings. The average Bonchev–Trinajstić information content (AvgIpc) is 2.94. The van der Waals surface area contributed by atoms with Gasteiger partial charge >= 0.3 is 5.69 Å². The van der Waals surface area contributed by atoms with Gasteiger partial charge in [-0.2, -0.15) is 0 Å². The van der Waals surface area contributed by atoms with Crippen LogP contribution in [0.1, 0.15) is 23.2 Å². The molecule has 1 amide bonds. The van der Waals surface area contributed by atoms with Crippen molar-refractivity contribution < 1.29 is 4.79 Å². The van der Waals surface area contributed by atoms with Gasteiger partial charge in [0.05, 0.1) is 5.52 Å². The van der Waals surface area contributed by atoms with Crippen LogP contribution < -0.4 is 5.69 Å². The number of amides is 1. The van der Waals surface area contributed by atoms with Crippen LogP contribution in [0.5, 0.6) is 0 Å². The molecule has 0 N–H and O–H groups in total. The van der Waals surface area contributed by atoms with Crippen LogP contribution >= 0.6 is 15.9 Å². The molecule has 0 atom stereocenters. The minimum absolute atomic E-state index is 0.0305. The summed E-state index contributed by atoms with van der Waals surface area (Å²) in [6.07, 6.45) is 3.49. The zero-order valence-electron chi connectivity index (χ0n) is 15.1. The third-order valence-corrected chi connectivity index (χ3v) is 5.86. The Kier molecular flexibility index (Phi) is 4.86. The van der Waals surface area contributed by atoms with E-state index in [0.717, 1.165) is 28.5 Å². The van der Waals surface area contributed by atoms with Crippen LogP contribution in [0.2, 0.25) is 0 Å². The highest BCUT2D eigenvalue weighted by atomic mass is 79.9. The van der Waals surface area contributed by atoms with Gasteiger partial charge in [-0.15, -0.1) is 0 Å². The number of carbonyl (C=O) groups is 1. The van der Waals surface area contributed by atoms with Crippen LogP contribution in [0, 0.1) is 5.92 Å². The minimum Gasteiger partial charge on any atom is -0.339 e. The first-order valence-electron chi connectivity index (χ1n) is 9.09. The number of pyridine rings is 1. The van der Waals surface area contributed by atoms with Crippen LogP contribution in [0.3, 0.4) is 0 Å². The molecule has 1 aliphatic rings. The molecule has 0 unspecified atom stereocenters. The van der Waals surface area contributed by atoms with Crippen molar-refractivity contribution in [3.63, 3.8) is 0 Å². The lowest BCUT2D eigenvalue weighted by molar-refractivity contribution is 0.0683. The molecule has 7 heteroatoms. The highest BCUT2D eigenvalue weighted by Crippen LogP contribution is 2.22. The highest BCUT2D eigenvalue weighted by molar-refractivity contribution is 9.10. The average molecular weight is 429 g/mol. The van der Waals surface area contributed by atoms with Crippen LogP contribution in [0.25, 0.3) is 11.2 Å². The maximum absolute atomic E-state index is 12.7. The first-order valence-corrected chi connectivity index (χ1v) is 9.89. The number of fused-ring (bicyclic) bond motifs is 1. The fourth-order valence-electron chi connectivity index (χ4n) is 3.75. The number of imidazole rings is 1. The highest BCUT2D eigenvalue weighted by Gasteiger charge is 2.25. The van der Waals surface area contributed by atoms with Crippen LogP contribution in [0.4, 0.5) is 0 Å². The summed E-state index contributed by atoms with van der Waals surface area (Å²) < 4.78 is 4.38. The van der Waals surface area contributed by atoms with Crippen molar-refractivity contribution in [2.75, 3.05) is 13.1 Å². The van der Waals surface area contributed by atoms with E-state index in [1.165, 1.54) is 0 Å². The molecule has 0 bridgehead atoms. The second-order valence-electron chi connectivity index (χ2n) is 7.04. The quantitative estimate of drug-likeness (QED) is 0.643. The van der Waals surface area contributed by atoms with Gasteiger partial charge in [0.2, 0.25) is 0 Å². The van der Waals surface area contributed by atoms with Crippen molar-refractivity contribution in [2.45, 2.75) is 19.4 Å². The van der Waals surface area contributed by atoms with Crippen molar-refractivity contribution in [3.05, 3.63) is 63.1 Å². The van der Waals surface area contributed by atoms with Crippen LogP contribution in [-0.4, -0.2) is 38.0 Å². The molecule has 1 aliphatic heterocycles. The third-order valence-electron chi connectivity index (χ3n) is 5.33. The Morgan fingerprint density at radius 1 is 1.19 bits per heavy atom. The first kappa shape index (κ1) is 18.0. The summed E-state index contributed by atoms with van der Waals surface area (Å²) in [6, 6.07) is 11.2. The van der Waals surface area contributed by atoms with Crippen LogP contribution in [-0.2, 0) is 13.6 Å². The maximum Gasteiger partial charge on any atom is 0.330 e. The molecule has 1 saturated heterocycles. The minimum atomic E-state index is -0.0305. The SMILES string of the molecule is Cn1c(=O)n(CC2CCN(C(=O)c3ccc(Br)cc3)CC2)c2ncccc21. The van der Waals surface area contributed by atoms with E-state index in [2.05, 4.69) is 20.9 Å². The van der Waals surface area contributed by atoms with Crippen molar-refractivity contribution in [2.24, 2.45) is 13.0 Å². The third kappa shape index (κ3) is 3.43. The van der Waals surface area contributed by atoms with Gasteiger partial charge < -0.3 is 4.90 Å². The topological polar surface area (TPSA) is 60.1 Å². The number of carbonyl (C=O) groups excluding carboxylic acids is 1. The molecule has 27 heavy (non-hydrogen) atoms. The molecule has 0 saturated carbocycles. The number of piperidine rings is 1. The molecule has 2 aromatic heterocycles. The van der Waals surface area contributed by atoms with Gasteiger partial charge in [-0.1, -0.05) is 15.9 Å². The van der Waals surface area contributed by atoms with Crippen molar-refractivity contribution in [3.8, 4) is 0 Å². The predicted molar refractivity (Wildman–Crippen MR) is 108 cm³/mol. The van der Waals surface area contributed by atoms with Gasteiger partial charge in [0, 0.05) is 42.9 Å². The Bertz CT molecular complexity index is 1030.